The third-order valence-electron chi connectivity index (χ3n) is 5.59. The SMILES string of the molecule is CCCCCCCCC/C=C/CCCCCCc1cccc2ccccc12. The summed E-state index contributed by atoms with van der Waals surface area (Å²) in [5.74, 6) is 0. The van der Waals surface area contributed by atoms with E-state index in [-0.39, 0.29) is 0 Å². The second-order valence-electron chi connectivity index (χ2n) is 7.97. The third-order valence-corrected chi connectivity index (χ3v) is 5.59. The van der Waals surface area contributed by atoms with Gasteiger partial charge in [-0.25, -0.2) is 0 Å². The summed E-state index contributed by atoms with van der Waals surface area (Å²) in [6, 6.07) is 15.5. The van der Waals surface area contributed by atoms with Crippen LogP contribution < -0.4 is 0 Å². The van der Waals surface area contributed by atoms with Crippen LogP contribution >= 0.6 is 0 Å². The summed E-state index contributed by atoms with van der Waals surface area (Å²) in [6.45, 7) is 2.29. The lowest BCUT2D eigenvalue weighted by atomic mass is 9.99. The Hall–Kier alpha value is -1.56. The first-order valence-corrected chi connectivity index (χ1v) is 11.5. The molecule has 0 heteroatoms. The summed E-state index contributed by atoms with van der Waals surface area (Å²) in [5, 5.41) is 2.81. The molecule has 0 unspecified atom stereocenters. The predicted octanol–water partition coefficient (Wildman–Crippen LogP) is 9.03. The quantitative estimate of drug-likeness (QED) is 0.218. The van der Waals surface area contributed by atoms with Gasteiger partial charge in [-0.15, -0.1) is 0 Å². The molecule has 0 bridgehead atoms. The fourth-order valence-electron chi connectivity index (χ4n) is 3.90. The molecule has 2 aromatic carbocycles. The molecular weight excluding hydrogens is 324 g/mol. The molecule has 0 aliphatic heterocycles. The first-order valence-electron chi connectivity index (χ1n) is 11.5. The largest absolute Gasteiger partial charge is 0.0885 e. The zero-order chi connectivity index (χ0) is 19.0. The van der Waals surface area contributed by atoms with Crippen molar-refractivity contribution < 1.29 is 0 Å². The van der Waals surface area contributed by atoms with Crippen LogP contribution in [0.25, 0.3) is 10.8 Å². The summed E-state index contributed by atoms with van der Waals surface area (Å²) in [4.78, 5) is 0. The number of aryl methyl sites for hydroxylation is 1. The van der Waals surface area contributed by atoms with E-state index in [0.29, 0.717) is 0 Å². The first kappa shape index (κ1) is 21.7. The Morgan fingerprint density at radius 3 is 1.93 bits per heavy atom. The Kier molecular flexibility index (Phi) is 11.7. The van der Waals surface area contributed by atoms with Gasteiger partial charge < -0.3 is 0 Å². The molecule has 27 heavy (non-hydrogen) atoms. The Balaban J connectivity index is 1.44. The normalized spacial score (nSPS) is 11.6. The molecule has 0 atom stereocenters. The number of allylic oxidation sites excluding steroid dienone is 2. The maximum atomic E-state index is 2.42. The molecule has 0 radical (unpaired) electrons. The van der Waals surface area contributed by atoms with Gasteiger partial charge in [-0.3, -0.25) is 0 Å². The van der Waals surface area contributed by atoms with Crippen LogP contribution in [0.2, 0.25) is 0 Å². The summed E-state index contributed by atoms with van der Waals surface area (Å²) >= 11 is 0. The number of hydrogen-bond donors (Lipinski definition) is 0. The van der Waals surface area contributed by atoms with Crippen LogP contribution in [-0.4, -0.2) is 0 Å². The predicted molar refractivity (Wildman–Crippen MR) is 122 cm³/mol. The lowest BCUT2D eigenvalue weighted by Gasteiger charge is -2.06. The van der Waals surface area contributed by atoms with Crippen LogP contribution in [0.1, 0.15) is 96.0 Å². The zero-order valence-corrected chi connectivity index (χ0v) is 17.6. The van der Waals surface area contributed by atoms with Crippen molar-refractivity contribution in [1.82, 2.24) is 0 Å². The van der Waals surface area contributed by atoms with Gasteiger partial charge in [-0.2, -0.15) is 0 Å². The van der Waals surface area contributed by atoms with Crippen LogP contribution in [0.5, 0.6) is 0 Å². The van der Waals surface area contributed by atoms with E-state index in [9.17, 15) is 0 Å². The van der Waals surface area contributed by atoms with Crippen LogP contribution in [-0.2, 0) is 6.42 Å². The van der Waals surface area contributed by atoms with Crippen molar-refractivity contribution in [1.29, 1.82) is 0 Å². The van der Waals surface area contributed by atoms with Crippen molar-refractivity contribution in [3.63, 3.8) is 0 Å². The van der Waals surface area contributed by atoms with Crippen molar-refractivity contribution in [2.45, 2.75) is 96.8 Å². The van der Waals surface area contributed by atoms with Crippen molar-refractivity contribution >= 4 is 10.8 Å². The Morgan fingerprint density at radius 1 is 0.593 bits per heavy atom. The summed E-state index contributed by atoms with van der Waals surface area (Å²) in [7, 11) is 0. The molecule has 0 aromatic heterocycles. The lowest BCUT2D eigenvalue weighted by molar-refractivity contribution is 0.591. The highest BCUT2D eigenvalue weighted by Gasteiger charge is 2.00. The van der Waals surface area contributed by atoms with Crippen molar-refractivity contribution in [3.8, 4) is 0 Å². The molecule has 2 rings (SSSR count). The van der Waals surface area contributed by atoms with Crippen molar-refractivity contribution in [2.24, 2.45) is 0 Å². The molecule has 148 valence electrons. The molecule has 2 aromatic rings. The Morgan fingerprint density at radius 2 is 1.19 bits per heavy atom. The minimum atomic E-state index is 1.22. The Labute approximate surface area is 168 Å². The number of fused-ring (bicyclic) bond motifs is 1. The summed E-state index contributed by atoms with van der Waals surface area (Å²) in [6.07, 6.45) is 23.9. The van der Waals surface area contributed by atoms with E-state index in [4.69, 9.17) is 0 Å². The topological polar surface area (TPSA) is 0 Å². The maximum Gasteiger partial charge on any atom is -0.0152 e. The molecule has 0 fully saturated rings. The van der Waals surface area contributed by atoms with Crippen LogP contribution in [0.15, 0.2) is 54.6 Å². The van der Waals surface area contributed by atoms with Gasteiger partial charge in [-0.05, 0) is 54.9 Å². The highest BCUT2D eigenvalue weighted by atomic mass is 14.0. The molecule has 0 aliphatic rings. The van der Waals surface area contributed by atoms with E-state index in [1.165, 1.54) is 106 Å². The zero-order valence-electron chi connectivity index (χ0n) is 17.6. The van der Waals surface area contributed by atoms with Gasteiger partial charge in [0.25, 0.3) is 0 Å². The van der Waals surface area contributed by atoms with Gasteiger partial charge in [-0.1, -0.05) is 113 Å². The fourth-order valence-corrected chi connectivity index (χ4v) is 3.90. The summed E-state index contributed by atoms with van der Waals surface area (Å²) < 4.78 is 0. The van der Waals surface area contributed by atoms with E-state index in [1.54, 1.807) is 0 Å². The highest BCUT2D eigenvalue weighted by Crippen LogP contribution is 2.20. The molecule has 0 saturated heterocycles. The van der Waals surface area contributed by atoms with Gasteiger partial charge >= 0.3 is 0 Å². The van der Waals surface area contributed by atoms with Gasteiger partial charge in [0.05, 0.1) is 0 Å². The van der Waals surface area contributed by atoms with Crippen LogP contribution in [0, 0.1) is 0 Å². The second kappa shape index (κ2) is 14.5. The standard InChI is InChI=1S/C27H40/c1-2-3-4-5-6-7-8-9-10-11-12-13-14-15-16-20-25-22-19-23-26-21-17-18-24-27(25)26/h10-11,17-19,21-24H,2-9,12-16,20H2,1H3/b11-10+. The molecule has 0 spiro atoms. The van der Waals surface area contributed by atoms with E-state index in [1.807, 2.05) is 0 Å². The van der Waals surface area contributed by atoms with Gasteiger partial charge in [0, 0.05) is 0 Å². The number of rotatable bonds is 15. The molecule has 0 nitrogen and oxygen atoms in total. The molecule has 0 N–H and O–H groups in total. The van der Waals surface area contributed by atoms with Crippen LogP contribution in [0.3, 0.4) is 0 Å². The van der Waals surface area contributed by atoms with E-state index >= 15 is 0 Å². The second-order valence-corrected chi connectivity index (χ2v) is 7.97. The first-order chi connectivity index (χ1) is 13.4. The lowest BCUT2D eigenvalue weighted by Crippen LogP contribution is -1.88. The molecule has 0 aliphatic carbocycles. The number of hydrogen-bond acceptors (Lipinski definition) is 0. The third kappa shape index (κ3) is 9.27. The average molecular weight is 365 g/mol. The van der Waals surface area contributed by atoms with Gasteiger partial charge in [0.1, 0.15) is 0 Å². The molecular formula is C27H40. The van der Waals surface area contributed by atoms with E-state index in [2.05, 4.69) is 61.5 Å². The molecule has 0 saturated carbocycles. The highest BCUT2D eigenvalue weighted by molar-refractivity contribution is 5.85. The van der Waals surface area contributed by atoms with Crippen molar-refractivity contribution in [2.75, 3.05) is 0 Å². The number of benzene rings is 2. The van der Waals surface area contributed by atoms with Gasteiger partial charge in [0.15, 0.2) is 0 Å². The monoisotopic (exact) mass is 364 g/mol. The molecule has 0 amide bonds. The van der Waals surface area contributed by atoms with E-state index < -0.39 is 0 Å². The van der Waals surface area contributed by atoms with Crippen LogP contribution in [0.4, 0.5) is 0 Å². The van der Waals surface area contributed by atoms with Crippen molar-refractivity contribution in [3.05, 3.63) is 60.2 Å². The van der Waals surface area contributed by atoms with E-state index in [0.717, 1.165) is 0 Å². The minimum Gasteiger partial charge on any atom is -0.0885 e. The average Bonchev–Trinajstić information content (AvgIpc) is 2.71. The number of unbranched alkanes of at least 4 members (excludes halogenated alkanes) is 11. The summed E-state index contributed by atoms with van der Waals surface area (Å²) in [5.41, 5.74) is 1.52. The molecule has 0 heterocycles. The van der Waals surface area contributed by atoms with Gasteiger partial charge in [0.2, 0.25) is 0 Å². The Bertz CT molecular complexity index is 632. The smallest absolute Gasteiger partial charge is 0.0152 e. The fraction of sp³-hybridized carbons (Fsp3) is 0.556. The minimum absolute atomic E-state index is 1.22. The maximum absolute atomic E-state index is 2.42.